The van der Waals surface area contributed by atoms with Crippen molar-refractivity contribution in [1.29, 1.82) is 0 Å². The number of aliphatic hydroxyl groups excluding tert-OH is 1. The Bertz CT molecular complexity index is 380. The number of β-amino-alcohol motifs (C(OH)–C–C–N with tert-alkyl or cyclic N) is 1. The first-order chi connectivity index (χ1) is 8.16. The Hall–Kier alpha value is -1.39. The molecule has 0 bridgehead atoms. The highest BCUT2D eigenvalue weighted by Crippen LogP contribution is 2.11. The van der Waals surface area contributed by atoms with Crippen LogP contribution in [0.25, 0.3) is 0 Å². The van der Waals surface area contributed by atoms with Crippen LogP contribution in [0.3, 0.4) is 0 Å². The van der Waals surface area contributed by atoms with Gasteiger partial charge in [0.15, 0.2) is 0 Å². The molecule has 92 valence electrons. The van der Waals surface area contributed by atoms with Gasteiger partial charge in [0, 0.05) is 13.1 Å². The molecule has 2 atom stereocenters. The van der Waals surface area contributed by atoms with Crippen molar-refractivity contribution in [1.82, 2.24) is 4.90 Å². The summed E-state index contributed by atoms with van der Waals surface area (Å²) in [6.07, 6.45) is 0.818. The van der Waals surface area contributed by atoms with Crippen LogP contribution >= 0.6 is 0 Å². The fraction of sp³-hybridized carbons (Fsp3) is 0.462. The molecule has 0 saturated carbocycles. The minimum absolute atomic E-state index is 0.0644. The maximum absolute atomic E-state index is 12.0. The summed E-state index contributed by atoms with van der Waals surface area (Å²) in [5.74, 6) is -0.0644. The normalized spacial score (nSPS) is 21.5. The molecular weight excluding hydrogens is 216 g/mol. The van der Waals surface area contributed by atoms with E-state index in [0.717, 1.165) is 5.56 Å². The highest BCUT2D eigenvalue weighted by molar-refractivity contribution is 5.82. The number of benzene rings is 1. The van der Waals surface area contributed by atoms with Crippen molar-refractivity contribution in [3.8, 4) is 0 Å². The lowest BCUT2D eigenvalue weighted by Gasteiger charge is -2.20. The van der Waals surface area contributed by atoms with E-state index in [1.54, 1.807) is 4.90 Å². The van der Waals surface area contributed by atoms with Crippen LogP contribution in [0.15, 0.2) is 30.3 Å². The van der Waals surface area contributed by atoms with E-state index in [2.05, 4.69) is 0 Å². The summed E-state index contributed by atoms with van der Waals surface area (Å²) in [7, 11) is 0. The van der Waals surface area contributed by atoms with Gasteiger partial charge in [-0.1, -0.05) is 30.3 Å². The lowest BCUT2D eigenvalue weighted by atomic mass is 10.1. The van der Waals surface area contributed by atoms with Gasteiger partial charge in [0.05, 0.1) is 12.1 Å². The average Bonchev–Trinajstić information content (AvgIpc) is 2.76. The molecule has 0 aliphatic carbocycles. The topological polar surface area (TPSA) is 66.6 Å². The zero-order valence-corrected chi connectivity index (χ0v) is 9.75. The molecule has 1 amide bonds. The van der Waals surface area contributed by atoms with Crippen LogP contribution in [0.4, 0.5) is 0 Å². The van der Waals surface area contributed by atoms with Crippen LogP contribution in [0.1, 0.15) is 12.0 Å². The number of nitrogens with two attached hydrogens (primary N) is 1. The summed E-state index contributed by atoms with van der Waals surface area (Å²) in [5.41, 5.74) is 6.96. The molecule has 1 fully saturated rings. The molecule has 1 heterocycles. The summed E-state index contributed by atoms with van der Waals surface area (Å²) in [6.45, 7) is 1.03. The highest BCUT2D eigenvalue weighted by atomic mass is 16.3. The Balaban J connectivity index is 1.92. The Labute approximate surface area is 101 Å². The number of aliphatic hydroxyl groups is 1. The summed E-state index contributed by atoms with van der Waals surface area (Å²) < 4.78 is 0. The second-order valence-electron chi connectivity index (χ2n) is 4.52. The van der Waals surface area contributed by atoms with Gasteiger partial charge >= 0.3 is 0 Å². The summed E-state index contributed by atoms with van der Waals surface area (Å²) >= 11 is 0. The van der Waals surface area contributed by atoms with E-state index in [0.29, 0.717) is 25.9 Å². The van der Waals surface area contributed by atoms with Crippen LogP contribution in [-0.2, 0) is 11.2 Å². The third-order valence-electron chi connectivity index (χ3n) is 3.09. The van der Waals surface area contributed by atoms with Gasteiger partial charge in [0.1, 0.15) is 0 Å². The van der Waals surface area contributed by atoms with Crippen LogP contribution in [0.2, 0.25) is 0 Å². The molecule has 1 aliphatic rings. The summed E-state index contributed by atoms with van der Waals surface area (Å²) in [4.78, 5) is 13.6. The van der Waals surface area contributed by atoms with Gasteiger partial charge in [0.25, 0.3) is 0 Å². The maximum atomic E-state index is 12.0. The monoisotopic (exact) mass is 234 g/mol. The summed E-state index contributed by atoms with van der Waals surface area (Å²) in [5, 5.41) is 9.39. The number of carbonyl (C=O) groups excluding carboxylic acids is 1. The van der Waals surface area contributed by atoms with E-state index in [1.807, 2.05) is 30.3 Å². The van der Waals surface area contributed by atoms with Gasteiger partial charge in [-0.25, -0.2) is 0 Å². The van der Waals surface area contributed by atoms with Gasteiger partial charge in [-0.3, -0.25) is 4.79 Å². The molecule has 1 aromatic carbocycles. The van der Waals surface area contributed by atoms with Gasteiger partial charge in [-0.2, -0.15) is 0 Å². The van der Waals surface area contributed by atoms with E-state index in [4.69, 9.17) is 5.73 Å². The van der Waals surface area contributed by atoms with Gasteiger partial charge < -0.3 is 15.7 Å². The minimum Gasteiger partial charge on any atom is -0.391 e. The van der Waals surface area contributed by atoms with Crippen molar-refractivity contribution < 1.29 is 9.90 Å². The first-order valence-corrected chi connectivity index (χ1v) is 5.93. The lowest BCUT2D eigenvalue weighted by molar-refractivity contribution is -0.131. The zero-order valence-electron chi connectivity index (χ0n) is 9.75. The molecule has 17 heavy (non-hydrogen) atoms. The van der Waals surface area contributed by atoms with Crippen molar-refractivity contribution >= 4 is 5.91 Å². The third kappa shape index (κ3) is 3.05. The third-order valence-corrected chi connectivity index (χ3v) is 3.09. The maximum Gasteiger partial charge on any atom is 0.239 e. The molecule has 0 spiro atoms. The highest BCUT2D eigenvalue weighted by Gasteiger charge is 2.27. The Morgan fingerprint density at radius 3 is 2.76 bits per heavy atom. The van der Waals surface area contributed by atoms with Crippen molar-refractivity contribution in [3.05, 3.63) is 35.9 Å². The molecule has 1 saturated heterocycles. The zero-order chi connectivity index (χ0) is 12.3. The number of carbonyl (C=O) groups is 1. The number of nitrogens with zero attached hydrogens (tertiary/aromatic N) is 1. The quantitative estimate of drug-likeness (QED) is 0.782. The fourth-order valence-corrected chi connectivity index (χ4v) is 2.13. The number of likely N-dealkylation sites (tertiary alicyclic amines) is 1. The Morgan fingerprint density at radius 2 is 2.18 bits per heavy atom. The molecule has 0 unspecified atom stereocenters. The second kappa shape index (κ2) is 5.29. The van der Waals surface area contributed by atoms with Crippen molar-refractivity contribution in [2.75, 3.05) is 13.1 Å². The van der Waals surface area contributed by atoms with Crippen LogP contribution in [-0.4, -0.2) is 41.1 Å². The number of hydrogen-bond acceptors (Lipinski definition) is 3. The molecule has 0 radical (unpaired) electrons. The Kier molecular flexibility index (Phi) is 3.76. The predicted molar refractivity (Wildman–Crippen MR) is 65.3 cm³/mol. The number of hydrogen-bond donors (Lipinski definition) is 2. The first-order valence-electron chi connectivity index (χ1n) is 5.93. The first kappa shape index (κ1) is 12.1. The predicted octanol–water partition coefficient (Wildman–Crippen LogP) is 0.150. The van der Waals surface area contributed by atoms with Gasteiger partial charge in [0.2, 0.25) is 5.91 Å². The van der Waals surface area contributed by atoms with Crippen LogP contribution < -0.4 is 5.73 Å². The molecule has 4 heteroatoms. The van der Waals surface area contributed by atoms with E-state index in [1.165, 1.54) is 0 Å². The molecule has 0 aromatic heterocycles. The fourth-order valence-electron chi connectivity index (χ4n) is 2.13. The van der Waals surface area contributed by atoms with Crippen LogP contribution in [0.5, 0.6) is 0 Å². The largest absolute Gasteiger partial charge is 0.391 e. The molecule has 3 N–H and O–H groups in total. The standard InChI is InChI=1S/C13H18N2O2/c14-12(8-10-4-2-1-3-5-10)13(17)15-7-6-11(16)9-15/h1-5,11-12,16H,6-9,14H2/t11-,12-/m1/s1. The molecule has 2 rings (SSSR count). The smallest absolute Gasteiger partial charge is 0.239 e. The number of amides is 1. The van der Waals surface area contributed by atoms with Gasteiger partial charge in [-0.05, 0) is 18.4 Å². The van der Waals surface area contributed by atoms with Gasteiger partial charge in [-0.15, -0.1) is 0 Å². The minimum atomic E-state index is -0.511. The molecule has 1 aromatic rings. The average molecular weight is 234 g/mol. The number of rotatable bonds is 3. The van der Waals surface area contributed by atoms with Crippen molar-refractivity contribution in [2.24, 2.45) is 5.73 Å². The van der Waals surface area contributed by atoms with E-state index < -0.39 is 6.04 Å². The molecule has 1 aliphatic heterocycles. The molecular formula is C13H18N2O2. The molecule has 4 nitrogen and oxygen atoms in total. The SMILES string of the molecule is N[C@H](Cc1ccccc1)C(=O)N1CC[C@@H](O)C1. The van der Waals surface area contributed by atoms with E-state index >= 15 is 0 Å². The summed E-state index contributed by atoms with van der Waals surface area (Å²) in [6, 6.07) is 9.23. The lowest BCUT2D eigenvalue weighted by Crippen LogP contribution is -2.44. The van der Waals surface area contributed by atoms with E-state index in [-0.39, 0.29) is 12.0 Å². The van der Waals surface area contributed by atoms with Crippen molar-refractivity contribution in [3.63, 3.8) is 0 Å². The Morgan fingerprint density at radius 1 is 1.47 bits per heavy atom. The van der Waals surface area contributed by atoms with Crippen LogP contribution in [0, 0.1) is 0 Å². The second-order valence-corrected chi connectivity index (χ2v) is 4.52. The van der Waals surface area contributed by atoms with Crippen molar-refractivity contribution in [2.45, 2.75) is 25.0 Å². The van der Waals surface area contributed by atoms with E-state index in [9.17, 15) is 9.90 Å².